The second-order valence-electron chi connectivity index (χ2n) is 3.93. The molecule has 0 spiro atoms. The van der Waals surface area contributed by atoms with Crippen molar-refractivity contribution in [1.29, 1.82) is 0 Å². The van der Waals surface area contributed by atoms with Gasteiger partial charge in [0.05, 0.1) is 12.7 Å². The number of hydrogen-bond acceptors (Lipinski definition) is 7. The quantitative estimate of drug-likeness (QED) is 0.303. The van der Waals surface area contributed by atoms with Gasteiger partial charge in [0.2, 0.25) is 0 Å². The summed E-state index contributed by atoms with van der Waals surface area (Å²) in [6, 6.07) is 0. The van der Waals surface area contributed by atoms with E-state index in [1.54, 1.807) is 6.92 Å². The second kappa shape index (κ2) is 5.61. The first kappa shape index (κ1) is 14.1. The average molecular weight is 255 g/mol. The highest BCUT2D eigenvalue weighted by Crippen LogP contribution is 2.12. The van der Waals surface area contributed by atoms with Gasteiger partial charge >= 0.3 is 0 Å². The number of amidine groups is 1. The number of amides is 1. The molecule has 1 aliphatic rings. The van der Waals surface area contributed by atoms with Crippen molar-refractivity contribution in [2.45, 2.75) is 26.1 Å². The standard InChI is InChI=1S/C10H17N5O3/c1-4(16)8(17)6-3-13-9(12)7(15-6)10(18)14-5(2)11/h4-5,16-17H,3,11H2,1-2H3,(H2,12,13)(H,14,18). The van der Waals surface area contributed by atoms with Crippen LogP contribution in [0.5, 0.6) is 0 Å². The molecule has 0 aromatic rings. The van der Waals surface area contributed by atoms with E-state index in [2.05, 4.69) is 15.3 Å². The fraction of sp³-hybridized carbons (Fsp3) is 0.500. The van der Waals surface area contributed by atoms with Crippen LogP contribution in [0.4, 0.5) is 0 Å². The normalized spacial score (nSPS) is 21.6. The molecule has 0 aliphatic carbocycles. The molecule has 8 heteroatoms. The highest BCUT2D eigenvalue weighted by molar-refractivity contribution is 6.66. The maximum Gasteiger partial charge on any atom is 0.274 e. The molecule has 1 rings (SSSR count). The van der Waals surface area contributed by atoms with Gasteiger partial charge in [-0.1, -0.05) is 0 Å². The molecule has 2 unspecified atom stereocenters. The van der Waals surface area contributed by atoms with Crippen molar-refractivity contribution in [3.05, 3.63) is 11.5 Å². The molecule has 0 radical (unpaired) electrons. The molecule has 1 aliphatic heterocycles. The van der Waals surface area contributed by atoms with Crippen LogP contribution in [0.2, 0.25) is 0 Å². The average Bonchev–Trinajstić information content (AvgIpc) is 2.27. The van der Waals surface area contributed by atoms with Gasteiger partial charge in [-0.3, -0.25) is 9.79 Å². The van der Waals surface area contributed by atoms with Crippen LogP contribution < -0.4 is 16.8 Å². The Kier molecular flexibility index (Phi) is 4.40. The number of aliphatic imine (C=N–C) groups is 2. The summed E-state index contributed by atoms with van der Waals surface area (Å²) in [6.07, 6.45) is -1.65. The van der Waals surface area contributed by atoms with E-state index in [0.29, 0.717) is 0 Å². The first-order chi connectivity index (χ1) is 8.32. The Hall–Kier alpha value is -1.93. The van der Waals surface area contributed by atoms with E-state index in [0.717, 1.165) is 0 Å². The van der Waals surface area contributed by atoms with E-state index in [9.17, 15) is 15.0 Å². The SMILES string of the molecule is CC(N)NC(=O)C1=NC(=C(O)C(C)O)CN=C1N. The predicted molar refractivity (Wildman–Crippen MR) is 67.1 cm³/mol. The molecule has 0 aromatic carbocycles. The highest BCUT2D eigenvalue weighted by atomic mass is 16.3. The van der Waals surface area contributed by atoms with Crippen molar-refractivity contribution in [2.75, 3.05) is 6.54 Å². The van der Waals surface area contributed by atoms with Gasteiger partial charge in [-0.25, -0.2) is 4.99 Å². The van der Waals surface area contributed by atoms with E-state index < -0.39 is 18.2 Å². The third-order valence-corrected chi connectivity index (χ3v) is 2.15. The number of nitrogens with two attached hydrogens (primary N) is 2. The molecule has 1 heterocycles. The van der Waals surface area contributed by atoms with Gasteiger partial charge in [0.1, 0.15) is 17.6 Å². The van der Waals surface area contributed by atoms with Gasteiger partial charge in [-0.2, -0.15) is 0 Å². The first-order valence-corrected chi connectivity index (χ1v) is 5.38. The Morgan fingerprint density at radius 2 is 2.11 bits per heavy atom. The minimum Gasteiger partial charge on any atom is -0.508 e. The molecular formula is C10H17N5O3. The van der Waals surface area contributed by atoms with Gasteiger partial charge < -0.3 is 27.0 Å². The zero-order valence-corrected chi connectivity index (χ0v) is 10.2. The largest absolute Gasteiger partial charge is 0.508 e. The Morgan fingerprint density at radius 3 is 2.61 bits per heavy atom. The van der Waals surface area contributed by atoms with Crippen LogP contribution in [-0.2, 0) is 4.79 Å². The van der Waals surface area contributed by atoms with Gasteiger partial charge in [0.15, 0.2) is 11.5 Å². The second-order valence-corrected chi connectivity index (χ2v) is 3.93. The Bertz CT molecular complexity index is 437. The molecule has 0 aromatic heterocycles. The molecule has 0 saturated carbocycles. The van der Waals surface area contributed by atoms with Crippen LogP contribution >= 0.6 is 0 Å². The smallest absolute Gasteiger partial charge is 0.274 e. The summed E-state index contributed by atoms with van der Waals surface area (Å²) in [4.78, 5) is 19.5. The van der Waals surface area contributed by atoms with Gasteiger partial charge in [0.25, 0.3) is 5.91 Å². The molecule has 0 fully saturated rings. The summed E-state index contributed by atoms with van der Waals surface area (Å²) in [5.74, 6) is -0.950. The van der Waals surface area contributed by atoms with Crippen molar-refractivity contribution in [1.82, 2.24) is 5.32 Å². The minimum atomic E-state index is -1.09. The number of aliphatic hydroxyl groups excluding tert-OH is 2. The van der Waals surface area contributed by atoms with Crippen LogP contribution in [-0.4, -0.2) is 46.5 Å². The van der Waals surface area contributed by atoms with Crippen molar-refractivity contribution < 1.29 is 15.0 Å². The third kappa shape index (κ3) is 3.28. The number of carbonyl (C=O) groups excluding carboxylic acids is 1. The molecule has 1 amide bonds. The highest BCUT2D eigenvalue weighted by Gasteiger charge is 2.23. The van der Waals surface area contributed by atoms with Crippen LogP contribution in [0.25, 0.3) is 0 Å². The predicted octanol–water partition coefficient (Wildman–Crippen LogP) is -1.63. The molecule has 7 N–H and O–H groups in total. The van der Waals surface area contributed by atoms with Crippen LogP contribution in [0, 0.1) is 0 Å². The molecule has 100 valence electrons. The summed E-state index contributed by atoms with van der Waals surface area (Å²) in [5.41, 5.74) is 10.9. The van der Waals surface area contributed by atoms with Crippen molar-refractivity contribution in [3.8, 4) is 0 Å². The number of rotatable bonds is 3. The van der Waals surface area contributed by atoms with Gasteiger partial charge in [-0.15, -0.1) is 0 Å². The monoisotopic (exact) mass is 255 g/mol. The fourth-order valence-electron chi connectivity index (χ4n) is 1.28. The number of aliphatic hydroxyl groups is 2. The third-order valence-electron chi connectivity index (χ3n) is 2.15. The summed E-state index contributed by atoms with van der Waals surface area (Å²) < 4.78 is 0. The van der Waals surface area contributed by atoms with Crippen molar-refractivity contribution in [2.24, 2.45) is 21.5 Å². The van der Waals surface area contributed by atoms with Crippen LogP contribution in [0.1, 0.15) is 13.8 Å². The van der Waals surface area contributed by atoms with E-state index in [1.807, 2.05) is 0 Å². The number of nitrogens with one attached hydrogen (secondary N) is 1. The van der Waals surface area contributed by atoms with Crippen molar-refractivity contribution in [3.63, 3.8) is 0 Å². The molecule has 0 saturated heterocycles. The number of hydrogen-bond donors (Lipinski definition) is 5. The van der Waals surface area contributed by atoms with Gasteiger partial charge in [-0.05, 0) is 13.8 Å². The summed E-state index contributed by atoms with van der Waals surface area (Å²) >= 11 is 0. The summed E-state index contributed by atoms with van der Waals surface area (Å²) in [6.45, 7) is 2.97. The lowest BCUT2D eigenvalue weighted by atomic mass is 10.2. The Balaban J connectivity index is 3.04. The van der Waals surface area contributed by atoms with E-state index in [1.165, 1.54) is 6.92 Å². The fourth-order valence-corrected chi connectivity index (χ4v) is 1.28. The lowest BCUT2D eigenvalue weighted by molar-refractivity contribution is -0.115. The zero-order valence-electron chi connectivity index (χ0n) is 10.2. The topological polar surface area (TPSA) is 146 Å². The van der Waals surface area contributed by atoms with Crippen LogP contribution in [0.3, 0.4) is 0 Å². The Morgan fingerprint density at radius 1 is 1.50 bits per heavy atom. The summed E-state index contributed by atoms with van der Waals surface area (Å²) in [7, 11) is 0. The first-order valence-electron chi connectivity index (χ1n) is 5.38. The van der Waals surface area contributed by atoms with E-state index >= 15 is 0 Å². The lowest BCUT2D eigenvalue weighted by Gasteiger charge is -2.16. The van der Waals surface area contributed by atoms with Crippen molar-refractivity contribution >= 4 is 17.5 Å². The Labute approximate surface area is 104 Å². The molecular weight excluding hydrogens is 238 g/mol. The number of carbonyl (C=O) groups is 1. The van der Waals surface area contributed by atoms with Gasteiger partial charge in [0, 0.05) is 0 Å². The molecule has 18 heavy (non-hydrogen) atoms. The molecule has 8 nitrogen and oxygen atoms in total. The lowest BCUT2D eigenvalue weighted by Crippen LogP contribution is -2.47. The van der Waals surface area contributed by atoms with E-state index in [-0.39, 0.29) is 29.5 Å². The maximum atomic E-state index is 11.7. The molecule has 0 bridgehead atoms. The maximum absolute atomic E-state index is 11.7. The minimum absolute atomic E-state index is 0.0114. The molecule has 2 atom stereocenters. The summed E-state index contributed by atoms with van der Waals surface area (Å²) in [5, 5.41) is 21.2. The van der Waals surface area contributed by atoms with E-state index in [4.69, 9.17) is 11.5 Å². The number of nitrogens with zero attached hydrogens (tertiary/aromatic N) is 2. The zero-order chi connectivity index (χ0) is 13.9. The van der Waals surface area contributed by atoms with Crippen LogP contribution in [0.15, 0.2) is 21.4 Å².